The first-order valence-corrected chi connectivity index (χ1v) is 8.88. The van der Waals surface area contributed by atoms with Crippen LogP contribution in [0.1, 0.15) is 59.9 Å². The van der Waals surface area contributed by atoms with E-state index in [0.29, 0.717) is 0 Å². The average molecular weight is 346 g/mol. The second-order valence-corrected chi connectivity index (χ2v) is 7.46. The molecule has 1 aromatic rings. The summed E-state index contributed by atoms with van der Waals surface area (Å²) in [6, 6.07) is 10.1. The number of esters is 1. The molecule has 138 valence electrons. The van der Waals surface area contributed by atoms with E-state index in [1.807, 2.05) is 23.3 Å². The Kier molecular flexibility index (Phi) is 5.40. The van der Waals surface area contributed by atoms with Crippen LogP contribution in [0.25, 0.3) is 0 Å². The first-order valence-electron chi connectivity index (χ1n) is 8.88. The van der Waals surface area contributed by atoms with Crippen molar-refractivity contribution in [1.29, 1.82) is 0 Å². The van der Waals surface area contributed by atoms with Gasteiger partial charge in [0.05, 0.1) is 18.4 Å². The number of hydroxylamine groups is 2. The van der Waals surface area contributed by atoms with Crippen LogP contribution in [0.15, 0.2) is 35.3 Å². The monoisotopic (exact) mass is 346 g/mol. The Bertz CT molecular complexity index is 646. The molecule has 2 rings (SSSR count). The SMILES string of the molecule is CCC1(CC)N=C(c2ccccc2)C(C)(C)N1OC(C)(C)C(=O)OC. The van der Waals surface area contributed by atoms with Crippen LogP contribution in [0.5, 0.6) is 0 Å². The molecule has 0 saturated heterocycles. The summed E-state index contributed by atoms with van der Waals surface area (Å²) in [6.45, 7) is 11.8. The van der Waals surface area contributed by atoms with Crippen LogP contribution >= 0.6 is 0 Å². The molecule has 0 unspecified atom stereocenters. The lowest BCUT2D eigenvalue weighted by Crippen LogP contribution is -2.58. The van der Waals surface area contributed by atoms with Crippen molar-refractivity contribution in [2.45, 2.75) is 71.2 Å². The number of benzene rings is 1. The fourth-order valence-electron chi connectivity index (χ4n) is 3.43. The van der Waals surface area contributed by atoms with E-state index in [9.17, 15) is 4.79 Å². The summed E-state index contributed by atoms with van der Waals surface area (Å²) in [5.41, 5.74) is -0.0553. The van der Waals surface area contributed by atoms with E-state index in [1.54, 1.807) is 13.8 Å². The van der Waals surface area contributed by atoms with Crippen LogP contribution in [0.2, 0.25) is 0 Å². The molecule has 5 heteroatoms. The lowest BCUT2D eigenvalue weighted by molar-refractivity contribution is -0.299. The summed E-state index contributed by atoms with van der Waals surface area (Å²) in [5.74, 6) is -0.405. The second-order valence-electron chi connectivity index (χ2n) is 7.46. The highest BCUT2D eigenvalue weighted by atomic mass is 16.7. The number of carbonyl (C=O) groups excluding carboxylic acids is 1. The van der Waals surface area contributed by atoms with Gasteiger partial charge in [-0.05, 0) is 46.1 Å². The summed E-state index contributed by atoms with van der Waals surface area (Å²) in [6.07, 6.45) is 1.56. The minimum absolute atomic E-state index is 0.405. The predicted octanol–water partition coefficient (Wildman–Crippen LogP) is 3.97. The van der Waals surface area contributed by atoms with Crippen molar-refractivity contribution >= 4 is 11.7 Å². The third-order valence-corrected chi connectivity index (χ3v) is 4.96. The third kappa shape index (κ3) is 3.35. The molecule has 1 heterocycles. The number of hydrogen-bond acceptors (Lipinski definition) is 5. The molecule has 25 heavy (non-hydrogen) atoms. The zero-order chi connectivity index (χ0) is 18.9. The van der Waals surface area contributed by atoms with Crippen molar-refractivity contribution in [2.24, 2.45) is 4.99 Å². The Morgan fingerprint density at radius 2 is 1.72 bits per heavy atom. The van der Waals surface area contributed by atoms with E-state index in [2.05, 4.69) is 39.8 Å². The first kappa shape index (κ1) is 19.6. The van der Waals surface area contributed by atoms with Gasteiger partial charge in [-0.25, -0.2) is 4.79 Å². The molecule has 1 aromatic carbocycles. The minimum atomic E-state index is -1.09. The summed E-state index contributed by atoms with van der Waals surface area (Å²) in [7, 11) is 1.38. The van der Waals surface area contributed by atoms with Gasteiger partial charge in [0.2, 0.25) is 0 Å². The van der Waals surface area contributed by atoms with Crippen LogP contribution in [0, 0.1) is 0 Å². The number of carbonyl (C=O) groups is 1. The van der Waals surface area contributed by atoms with Gasteiger partial charge in [0.25, 0.3) is 0 Å². The molecule has 0 fully saturated rings. The molecule has 0 spiro atoms. The molecule has 0 amide bonds. The van der Waals surface area contributed by atoms with Gasteiger partial charge in [0.1, 0.15) is 5.66 Å². The van der Waals surface area contributed by atoms with Gasteiger partial charge in [-0.15, -0.1) is 5.06 Å². The molecule has 0 saturated carbocycles. The van der Waals surface area contributed by atoms with E-state index < -0.39 is 22.8 Å². The Morgan fingerprint density at radius 3 is 2.20 bits per heavy atom. The second kappa shape index (κ2) is 6.89. The van der Waals surface area contributed by atoms with Gasteiger partial charge < -0.3 is 4.74 Å². The van der Waals surface area contributed by atoms with Crippen molar-refractivity contribution < 1.29 is 14.4 Å². The number of methoxy groups -OCH3 is 1. The highest BCUT2D eigenvalue weighted by Crippen LogP contribution is 2.43. The molecule has 0 aliphatic carbocycles. The molecule has 0 atom stereocenters. The Balaban J connectivity index is 2.51. The normalized spacial score (nSPS) is 19.6. The standard InChI is InChI=1S/C20H30N2O3/c1-8-20(9-2)21-16(15-13-11-10-12-14-15)18(3,4)22(20)25-19(5,6)17(23)24-7/h10-14H,8-9H2,1-7H3. The zero-order valence-corrected chi connectivity index (χ0v) is 16.4. The number of ether oxygens (including phenoxy) is 1. The van der Waals surface area contributed by atoms with Gasteiger partial charge in [0, 0.05) is 0 Å². The molecule has 5 nitrogen and oxygen atoms in total. The van der Waals surface area contributed by atoms with Crippen molar-refractivity contribution in [3.63, 3.8) is 0 Å². The van der Waals surface area contributed by atoms with Crippen molar-refractivity contribution in [1.82, 2.24) is 5.06 Å². The molecule has 0 radical (unpaired) electrons. The van der Waals surface area contributed by atoms with Crippen LogP contribution in [0.4, 0.5) is 0 Å². The van der Waals surface area contributed by atoms with Gasteiger partial charge in [-0.2, -0.15) is 0 Å². The van der Waals surface area contributed by atoms with E-state index in [1.165, 1.54) is 7.11 Å². The number of nitrogens with zero attached hydrogens (tertiary/aromatic N) is 2. The fourth-order valence-corrected chi connectivity index (χ4v) is 3.43. The summed E-state index contributed by atoms with van der Waals surface area (Å²) >= 11 is 0. The predicted molar refractivity (Wildman–Crippen MR) is 99.4 cm³/mol. The number of rotatable bonds is 6. The molecule has 0 bridgehead atoms. The van der Waals surface area contributed by atoms with Crippen LogP contribution in [0.3, 0.4) is 0 Å². The number of hydrogen-bond donors (Lipinski definition) is 0. The van der Waals surface area contributed by atoms with Crippen LogP contribution < -0.4 is 0 Å². The van der Waals surface area contributed by atoms with E-state index in [0.717, 1.165) is 24.1 Å². The summed E-state index contributed by atoms with van der Waals surface area (Å²) < 4.78 is 4.91. The Morgan fingerprint density at radius 1 is 1.16 bits per heavy atom. The van der Waals surface area contributed by atoms with Gasteiger partial charge >= 0.3 is 5.97 Å². The fraction of sp³-hybridized carbons (Fsp3) is 0.600. The lowest BCUT2D eigenvalue weighted by Gasteiger charge is -2.44. The third-order valence-electron chi connectivity index (χ3n) is 4.96. The van der Waals surface area contributed by atoms with Gasteiger partial charge in [-0.3, -0.25) is 9.83 Å². The lowest BCUT2D eigenvalue weighted by atomic mass is 9.92. The molecule has 0 N–H and O–H groups in total. The van der Waals surface area contributed by atoms with Crippen LogP contribution in [-0.2, 0) is 14.4 Å². The smallest absolute Gasteiger partial charge is 0.339 e. The maximum absolute atomic E-state index is 12.2. The zero-order valence-electron chi connectivity index (χ0n) is 16.4. The summed E-state index contributed by atoms with van der Waals surface area (Å²) in [5, 5.41) is 1.90. The average Bonchev–Trinajstić information content (AvgIpc) is 2.82. The Labute approximate surface area is 151 Å². The van der Waals surface area contributed by atoms with Crippen LogP contribution in [-0.4, -0.2) is 40.7 Å². The molecule has 1 aliphatic rings. The van der Waals surface area contributed by atoms with Crippen molar-refractivity contribution in [3.8, 4) is 0 Å². The highest BCUT2D eigenvalue weighted by Gasteiger charge is 2.54. The minimum Gasteiger partial charge on any atom is -0.467 e. The van der Waals surface area contributed by atoms with Crippen molar-refractivity contribution in [2.75, 3.05) is 7.11 Å². The molecular weight excluding hydrogens is 316 g/mol. The largest absolute Gasteiger partial charge is 0.467 e. The maximum Gasteiger partial charge on any atom is 0.339 e. The molecule has 0 aromatic heterocycles. The maximum atomic E-state index is 12.2. The summed E-state index contributed by atoms with van der Waals surface area (Å²) in [4.78, 5) is 23.5. The Hall–Kier alpha value is -1.72. The topological polar surface area (TPSA) is 51.1 Å². The number of aliphatic imine (C=N–C) groups is 1. The van der Waals surface area contributed by atoms with Crippen molar-refractivity contribution in [3.05, 3.63) is 35.9 Å². The van der Waals surface area contributed by atoms with E-state index in [4.69, 9.17) is 14.6 Å². The van der Waals surface area contributed by atoms with E-state index >= 15 is 0 Å². The molecular formula is C20H30N2O3. The first-order chi connectivity index (χ1) is 11.6. The molecule has 1 aliphatic heterocycles. The van der Waals surface area contributed by atoms with E-state index in [-0.39, 0.29) is 0 Å². The van der Waals surface area contributed by atoms with Gasteiger partial charge in [0.15, 0.2) is 5.60 Å². The quantitative estimate of drug-likeness (QED) is 0.731. The highest BCUT2D eigenvalue weighted by molar-refractivity contribution is 6.08. The van der Waals surface area contributed by atoms with Gasteiger partial charge in [-0.1, -0.05) is 44.2 Å².